The average molecular weight is 264 g/mol. The van der Waals surface area contributed by atoms with Crippen LogP contribution in [0.3, 0.4) is 0 Å². The maximum atomic E-state index is 5.24. The Hall–Kier alpha value is -2.48. The highest BCUT2D eigenvalue weighted by Gasteiger charge is 2.03. The summed E-state index contributed by atoms with van der Waals surface area (Å²) >= 11 is 0. The Balaban J connectivity index is 0.000000121. The van der Waals surface area contributed by atoms with Gasteiger partial charge in [-0.3, -0.25) is 0 Å². The van der Waals surface area contributed by atoms with E-state index in [0.29, 0.717) is 0 Å². The van der Waals surface area contributed by atoms with Gasteiger partial charge in [-0.25, -0.2) is 0 Å². The van der Waals surface area contributed by atoms with Gasteiger partial charge < -0.3 is 9.47 Å². The van der Waals surface area contributed by atoms with Crippen LogP contribution in [0, 0.1) is 0 Å². The highest BCUT2D eigenvalue weighted by molar-refractivity contribution is 5.37. The third-order valence-corrected chi connectivity index (χ3v) is 3.20. The molecule has 0 aliphatic carbocycles. The number of hydrogen-bond donors (Lipinski definition) is 0. The van der Waals surface area contributed by atoms with Crippen LogP contribution in [0.25, 0.3) is 0 Å². The van der Waals surface area contributed by atoms with E-state index in [-0.39, 0.29) is 0 Å². The van der Waals surface area contributed by atoms with Gasteiger partial charge in [-0.1, -0.05) is 36.4 Å². The highest BCUT2D eigenvalue weighted by atomic mass is 16.5. The fourth-order valence-corrected chi connectivity index (χ4v) is 2.17. The van der Waals surface area contributed by atoms with Gasteiger partial charge in [-0.2, -0.15) is 0 Å². The van der Waals surface area contributed by atoms with Gasteiger partial charge in [0.15, 0.2) is 0 Å². The molecule has 2 aliphatic heterocycles. The maximum absolute atomic E-state index is 5.24. The van der Waals surface area contributed by atoms with Crippen LogP contribution in [0.2, 0.25) is 0 Å². The molecule has 2 nitrogen and oxygen atoms in total. The van der Waals surface area contributed by atoms with Gasteiger partial charge >= 0.3 is 0 Å². The summed E-state index contributed by atoms with van der Waals surface area (Å²) in [5.74, 6) is 1.98. The van der Waals surface area contributed by atoms with E-state index < -0.39 is 0 Å². The van der Waals surface area contributed by atoms with Crippen molar-refractivity contribution in [3.63, 3.8) is 0 Å². The summed E-state index contributed by atoms with van der Waals surface area (Å²) in [7, 11) is 0. The molecule has 2 heteroatoms. The molecule has 0 radical (unpaired) electrons. The number of ether oxygens (including phenoxy) is 2. The van der Waals surface area contributed by atoms with Crippen LogP contribution in [0.4, 0.5) is 0 Å². The Bertz CT molecular complexity index is 530. The fraction of sp³-hybridized carbons (Fsp3) is 0.111. The number of benzene rings is 2. The van der Waals surface area contributed by atoms with E-state index in [1.165, 1.54) is 11.1 Å². The molecular formula is C18H16O2. The summed E-state index contributed by atoms with van der Waals surface area (Å²) in [5.41, 5.74) is 2.54. The lowest BCUT2D eigenvalue weighted by Gasteiger charge is -2.09. The zero-order valence-electron chi connectivity index (χ0n) is 11.2. The number of fused-ring (bicyclic) bond motifs is 2. The number of rotatable bonds is 0. The molecule has 2 aromatic rings. The topological polar surface area (TPSA) is 18.5 Å². The first-order valence-corrected chi connectivity index (χ1v) is 6.72. The minimum atomic E-state index is 0.991. The summed E-state index contributed by atoms with van der Waals surface area (Å²) in [6.07, 6.45) is 9.50. The van der Waals surface area contributed by atoms with Gasteiger partial charge in [0.25, 0.3) is 0 Å². The molecule has 0 saturated carbocycles. The monoisotopic (exact) mass is 264 g/mol. The van der Waals surface area contributed by atoms with Crippen molar-refractivity contribution in [2.45, 2.75) is 12.8 Å². The summed E-state index contributed by atoms with van der Waals surface area (Å²) in [6, 6.07) is 16.2. The smallest absolute Gasteiger partial charge is 0.130 e. The van der Waals surface area contributed by atoms with Crippen molar-refractivity contribution < 1.29 is 9.47 Å². The van der Waals surface area contributed by atoms with Crippen molar-refractivity contribution in [3.8, 4) is 11.5 Å². The van der Waals surface area contributed by atoms with Crippen LogP contribution in [0.5, 0.6) is 11.5 Å². The zero-order chi connectivity index (χ0) is 13.6. The van der Waals surface area contributed by atoms with Crippen LogP contribution in [0.15, 0.2) is 73.2 Å². The van der Waals surface area contributed by atoms with E-state index in [4.69, 9.17) is 9.47 Å². The second-order valence-corrected chi connectivity index (χ2v) is 4.60. The first-order valence-electron chi connectivity index (χ1n) is 6.72. The first-order chi connectivity index (χ1) is 9.93. The summed E-state index contributed by atoms with van der Waals surface area (Å²) in [4.78, 5) is 0. The van der Waals surface area contributed by atoms with E-state index >= 15 is 0 Å². The van der Waals surface area contributed by atoms with Gasteiger partial charge in [0.1, 0.15) is 11.5 Å². The molecule has 0 aromatic heterocycles. The third kappa shape index (κ3) is 2.91. The lowest BCUT2D eigenvalue weighted by atomic mass is 10.1. The Morgan fingerprint density at radius 3 is 1.50 bits per heavy atom. The van der Waals surface area contributed by atoms with Crippen molar-refractivity contribution in [1.29, 1.82) is 0 Å². The quantitative estimate of drug-likeness (QED) is 0.707. The van der Waals surface area contributed by atoms with Gasteiger partial charge in [0, 0.05) is 0 Å². The molecule has 0 N–H and O–H groups in total. The van der Waals surface area contributed by atoms with Crippen LogP contribution in [-0.4, -0.2) is 0 Å². The van der Waals surface area contributed by atoms with Crippen LogP contribution >= 0.6 is 0 Å². The molecular weight excluding hydrogens is 248 g/mol. The Morgan fingerprint density at radius 1 is 0.600 bits per heavy atom. The number of hydrogen-bond acceptors (Lipinski definition) is 2. The molecule has 2 aliphatic rings. The first kappa shape index (κ1) is 12.5. The molecule has 0 amide bonds. The van der Waals surface area contributed by atoms with Crippen LogP contribution < -0.4 is 9.47 Å². The molecule has 0 bridgehead atoms. The third-order valence-electron chi connectivity index (χ3n) is 3.20. The zero-order valence-corrected chi connectivity index (χ0v) is 11.2. The van der Waals surface area contributed by atoms with Gasteiger partial charge in [-0.15, -0.1) is 0 Å². The lowest BCUT2D eigenvalue weighted by molar-refractivity contribution is 0.464. The van der Waals surface area contributed by atoms with Gasteiger partial charge in [-0.05, 0) is 48.3 Å². The second kappa shape index (κ2) is 6.11. The predicted octanol–water partition coefficient (Wildman–Crippen LogP) is 4.27. The second-order valence-electron chi connectivity index (χ2n) is 4.60. The van der Waals surface area contributed by atoms with E-state index in [1.54, 1.807) is 12.5 Å². The van der Waals surface area contributed by atoms with E-state index in [1.807, 2.05) is 48.6 Å². The SMILES string of the molecule is C1=COc2ccccc2C1.C1=COc2ccccc2C1. The van der Waals surface area contributed by atoms with E-state index in [9.17, 15) is 0 Å². The highest BCUT2D eigenvalue weighted by Crippen LogP contribution is 2.22. The van der Waals surface area contributed by atoms with Gasteiger partial charge in [0.05, 0.1) is 12.5 Å². The van der Waals surface area contributed by atoms with Crippen LogP contribution in [0.1, 0.15) is 11.1 Å². The largest absolute Gasteiger partial charge is 0.465 e. The molecule has 2 aromatic carbocycles. The summed E-state index contributed by atoms with van der Waals surface area (Å²) in [6.45, 7) is 0. The molecule has 0 atom stereocenters. The minimum Gasteiger partial charge on any atom is -0.465 e. The van der Waals surface area contributed by atoms with E-state index in [2.05, 4.69) is 12.1 Å². The van der Waals surface area contributed by atoms with Crippen molar-refractivity contribution in [3.05, 3.63) is 84.3 Å². The lowest BCUT2D eigenvalue weighted by Crippen LogP contribution is -1.94. The molecule has 0 spiro atoms. The van der Waals surface area contributed by atoms with E-state index in [0.717, 1.165) is 24.3 Å². The minimum absolute atomic E-state index is 0.991. The number of para-hydroxylation sites is 2. The molecule has 2 heterocycles. The Labute approximate surface area is 119 Å². The Morgan fingerprint density at radius 2 is 1.05 bits per heavy atom. The molecule has 0 fully saturated rings. The fourth-order valence-electron chi connectivity index (χ4n) is 2.17. The molecule has 20 heavy (non-hydrogen) atoms. The maximum Gasteiger partial charge on any atom is 0.130 e. The molecule has 100 valence electrons. The van der Waals surface area contributed by atoms with Gasteiger partial charge in [0.2, 0.25) is 0 Å². The predicted molar refractivity (Wildman–Crippen MR) is 79.8 cm³/mol. The standard InChI is InChI=1S/2C9H8O/c2*1-2-6-9-8(4-1)5-3-7-10-9/h2*1-4,6-7H,5H2. The molecule has 0 unspecified atom stereocenters. The average Bonchev–Trinajstić information content (AvgIpc) is 2.56. The van der Waals surface area contributed by atoms with Crippen molar-refractivity contribution in [2.24, 2.45) is 0 Å². The summed E-state index contributed by atoms with van der Waals surface area (Å²) < 4.78 is 10.5. The van der Waals surface area contributed by atoms with Crippen molar-refractivity contribution >= 4 is 0 Å². The summed E-state index contributed by atoms with van der Waals surface area (Å²) in [5, 5.41) is 0. The molecule has 0 saturated heterocycles. The normalized spacial score (nSPS) is 14.0. The van der Waals surface area contributed by atoms with Crippen LogP contribution in [-0.2, 0) is 12.8 Å². The molecule has 4 rings (SSSR count). The van der Waals surface area contributed by atoms with Crippen molar-refractivity contribution in [1.82, 2.24) is 0 Å². The Kier molecular flexibility index (Phi) is 3.83. The van der Waals surface area contributed by atoms with Crippen molar-refractivity contribution in [2.75, 3.05) is 0 Å². The number of allylic oxidation sites excluding steroid dienone is 2.